The largest absolute Gasteiger partial charge is 0.326 e. The molecule has 4 rings (SSSR count). The van der Waals surface area contributed by atoms with E-state index in [9.17, 15) is 4.79 Å². The minimum Gasteiger partial charge on any atom is -0.326 e. The first-order chi connectivity index (χ1) is 13.2. The molecule has 2 aromatic rings. The van der Waals surface area contributed by atoms with Crippen molar-refractivity contribution in [3.8, 4) is 23.6 Å². The van der Waals surface area contributed by atoms with E-state index in [1.54, 1.807) is 0 Å². The number of hydrogen-bond donors (Lipinski definition) is 2. The highest BCUT2D eigenvalue weighted by molar-refractivity contribution is 5.91. The van der Waals surface area contributed by atoms with Gasteiger partial charge in [0, 0.05) is 48.2 Å². The number of benzene rings is 1. The van der Waals surface area contributed by atoms with Crippen LogP contribution in [0.4, 0.5) is 5.69 Å². The number of nitrogens with one attached hydrogen (secondary N) is 2. The Balaban J connectivity index is 1.34. The van der Waals surface area contributed by atoms with Gasteiger partial charge in [-0.15, -0.1) is 12.3 Å². The van der Waals surface area contributed by atoms with Gasteiger partial charge in [-0.3, -0.25) is 9.89 Å². The van der Waals surface area contributed by atoms with Crippen LogP contribution in [0.2, 0.25) is 0 Å². The van der Waals surface area contributed by atoms with Gasteiger partial charge in [0.25, 0.3) is 0 Å². The van der Waals surface area contributed by atoms with E-state index >= 15 is 0 Å². The van der Waals surface area contributed by atoms with Gasteiger partial charge >= 0.3 is 0 Å². The Labute approximate surface area is 158 Å². The van der Waals surface area contributed by atoms with E-state index in [2.05, 4.69) is 31.7 Å². The highest BCUT2D eigenvalue weighted by Crippen LogP contribution is 2.37. The molecule has 0 saturated heterocycles. The Bertz CT molecular complexity index is 898. The first-order valence-corrected chi connectivity index (χ1v) is 9.53. The molecule has 0 atom stereocenters. The zero-order valence-electron chi connectivity index (χ0n) is 15.3. The number of nitrogens with zero attached hydrogens (tertiary/aromatic N) is 3. The summed E-state index contributed by atoms with van der Waals surface area (Å²) >= 11 is 0. The van der Waals surface area contributed by atoms with E-state index in [-0.39, 0.29) is 5.91 Å². The SMILES string of the molecule is C#CCCC1(CCC(=O)Nc2ccc(-c3n[nH]c4c3CCCC4)cc2)N=N1. The summed E-state index contributed by atoms with van der Waals surface area (Å²) < 4.78 is 0. The van der Waals surface area contributed by atoms with Gasteiger partial charge in [0.1, 0.15) is 0 Å². The van der Waals surface area contributed by atoms with Crippen LogP contribution >= 0.6 is 0 Å². The van der Waals surface area contributed by atoms with E-state index in [0.717, 1.165) is 36.2 Å². The smallest absolute Gasteiger partial charge is 0.224 e. The number of H-pyrrole nitrogens is 1. The molecule has 27 heavy (non-hydrogen) atoms. The molecule has 1 aromatic heterocycles. The maximum absolute atomic E-state index is 12.2. The summed E-state index contributed by atoms with van der Waals surface area (Å²) in [5.74, 6) is 2.57. The Morgan fingerprint density at radius 1 is 1.19 bits per heavy atom. The molecule has 0 fully saturated rings. The molecule has 1 aliphatic carbocycles. The number of hydrogen-bond acceptors (Lipinski definition) is 4. The number of fused-ring (bicyclic) bond motifs is 1. The number of carbonyl (C=O) groups excluding carboxylic acids is 1. The summed E-state index contributed by atoms with van der Waals surface area (Å²) in [5, 5.41) is 18.7. The van der Waals surface area contributed by atoms with Crippen LogP contribution in [0, 0.1) is 12.3 Å². The van der Waals surface area contributed by atoms with Crippen LogP contribution in [0.1, 0.15) is 49.8 Å². The third kappa shape index (κ3) is 3.92. The Morgan fingerprint density at radius 2 is 1.96 bits per heavy atom. The molecular formula is C21H23N5O. The fraction of sp³-hybridized carbons (Fsp3) is 0.429. The fourth-order valence-electron chi connectivity index (χ4n) is 3.64. The summed E-state index contributed by atoms with van der Waals surface area (Å²) in [5.41, 5.74) is 5.10. The van der Waals surface area contributed by atoms with E-state index in [0.29, 0.717) is 19.3 Å². The number of anilines is 1. The molecule has 2 N–H and O–H groups in total. The van der Waals surface area contributed by atoms with Crippen molar-refractivity contribution in [3.63, 3.8) is 0 Å². The predicted octanol–water partition coefficient (Wildman–Crippen LogP) is 4.25. The number of rotatable bonds is 7. The number of aromatic amines is 1. The van der Waals surface area contributed by atoms with E-state index in [4.69, 9.17) is 6.42 Å². The van der Waals surface area contributed by atoms with Crippen molar-refractivity contribution in [2.45, 2.75) is 57.0 Å². The lowest BCUT2D eigenvalue weighted by atomic mass is 9.94. The Morgan fingerprint density at radius 3 is 2.70 bits per heavy atom. The van der Waals surface area contributed by atoms with Crippen LogP contribution < -0.4 is 5.32 Å². The maximum atomic E-state index is 12.2. The van der Waals surface area contributed by atoms with E-state index in [1.165, 1.54) is 24.1 Å². The molecule has 2 aliphatic rings. The second-order valence-electron chi connectivity index (χ2n) is 7.25. The van der Waals surface area contributed by atoms with Gasteiger partial charge in [0.15, 0.2) is 5.66 Å². The van der Waals surface area contributed by atoms with Crippen molar-refractivity contribution in [2.24, 2.45) is 10.2 Å². The third-order valence-corrected chi connectivity index (χ3v) is 5.30. The summed E-state index contributed by atoms with van der Waals surface area (Å²) in [6.45, 7) is 0. The van der Waals surface area contributed by atoms with E-state index < -0.39 is 5.66 Å². The minimum atomic E-state index is -0.410. The molecule has 1 amide bonds. The van der Waals surface area contributed by atoms with Gasteiger partial charge in [0.2, 0.25) is 5.91 Å². The standard InChI is InChI=1S/C21H23N5O/c1-2-3-13-21(25-26-21)14-12-19(27)22-16-10-8-15(9-11-16)20-17-6-4-5-7-18(17)23-24-20/h1,8-11H,3-7,12-14H2,(H,22,27)(H,23,24). The summed E-state index contributed by atoms with van der Waals surface area (Å²) in [4.78, 5) is 12.2. The lowest BCUT2D eigenvalue weighted by molar-refractivity contribution is -0.116. The summed E-state index contributed by atoms with van der Waals surface area (Å²) in [7, 11) is 0. The van der Waals surface area contributed by atoms with Crippen molar-refractivity contribution in [2.75, 3.05) is 5.32 Å². The van der Waals surface area contributed by atoms with Gasteiger partial charge in [-0.25, -0.2) is 0 Å². The molecule has 0 radical (unpaired) electrons. The van der Waals surface area contributed by atoms with Gasteiger partial charge in [-0.05, 0) is 37.8 Å². The molecular weight excluding hydrogens is 338 g/mol. The number of aryl methyl sites for hydroxylation is 1. The van der Waals surface area contributed by atoms with Crippen molar-refractivity contribution < 1.29 is 4.79 Å². The van der Waals surface area contributed by atoms with Crippen molar-refractivity contribution in [1.29, 1.82) is 0 Å². The highest BCUT2D eigenvalue weighted by Gasteiger charge is 2.39. The Kier molecular flexibility index (Phi) is 4.76. The van der Waals surface area contributed by atoms with E-state index in [1.807, 2.05) is 24.3 Å². The van der Waals surface area contributed by atoms with Gasteiger partial charge in [0.05, 0.1) is 5.69 Å². The molecule has 6 nitrogen and oxygen atoms in total. The van der Waals surface area contributed by atoms with Crippen LogP contribution in [0.5, 0.6) is 0 Å². The van der Waals surface area contributed by atoms with Crippen LogP contribution in [-0.2, 0) is 17.6 Å². The van der Waals surface area contributed by atoms with Gasteiger partial charge in [-0.2, -0.15) is 15.3 Å². The normalized spacial score (nSPS) is 16.4. The van der Waals surface area contributed by atoms with Crippen molar-refractivity contribution in [1.82, 2.24) is 10.2 Å². The second kappa shape index (κ2) is 7.36. The van der Waals surface area contributed by atoms with Crippen LogP contribution in [0.25, 0.3) is 11.3 Å². The van der Waals surface area contributed by atoms with Crippen LogP contribution in [-0.4, -0.2) is 21.8 Å². The van der Waals surface area contributed by atoms with Gasteiger partial charge in [-0.1, -0.05) is 12.1 Å². The number of amides is 1. The summed E-state index contributed by atoms with van der Waals surface area (Å²) in [6.07, 6.45) is 12.2. The average Bonchev–Trinajstić information content (AvgIpc) is 3.35. The first-order valence-electron chi connectivity index (χ1n) is 9.53. The molecule has 1 aromatic carbocycles. The molecule has 2 heterocycles. The minimum absolute atomic E-state index is 0.0303. The first kappa shape index (κ1) is 17.5. The zero-order chi connectivity index (χ0) is 18.7. The predicted molar refractivity (Wildman–Crippen MR) is 104 cm³/mol. The molecule has 0 bridgehead atoms. The average molecular weight is 361 g/mol. The quantitative estimate of drug-likeness (QED) is 0.723. The molecule has 0 unspecified atom stereocenters. The molecule has 6 heteroatoms. The zero-order valence-corrected chi connectivity index (χ0v) is 15.3. The monoisotopic (exact) mass is 361 g/mol. The molecule has 0 spiro atoms. The lowest BCUT2D eigenvalue weighted by Gasteiger charge is -2.12. The summed E-state index contributed by atoms with van der Waals surface area (Å²) in [6, 6.07) is 7.88. The second-order valence-corrected chi connectivity index (χ2v) is 7.25. The molecule has 0 saturated carbocycles. The number of terminal acetylenes is 1. The van der Waals surface area contributed by atoms with Crippen molar-refractivity contribution in [3.05, 3.63) is 35.5 Å². The highest BCUT2D eigenvalue weighted by atomic mass is 16.1. The number of carbonyl (C=O) groups is 1. The van der Waals surface area contributed by atoms with Crippen LogP contribution in [0.15, 0.2) is 34.5 Å². The van der Waals surface area contributed by atoms with Crippen LogP contribution in [0.3, 0.4) is 0 Å². The third-order valence-electron chi connectivity index (χ3n) is 5.30. The topological polar surface area (TPSA) is 82.5 Å². The fourth-order valence-corrected chi connectivity index (χ4v) is 3.64. The Hall–Kier alpha value is -2.94. The van der Waals surface area contributed by atoms with Crippen molar-refractivity contribution >= 4 is 11.6 Å². The molecule has 1 aliphatic heterocycles. The van der Waals surface area contributed by atoms with Gasteiger partial charge < -0.3 is 5.32 Å². The number of aromatic nitrogens is 2. The lowest BCUT2D eigenvalue weighted by Crippen LogP contribution is -2.17. The maximum Gasteiger partial charge on any atom is 0.224 e. The molecule has 138 valence electrons.